The summed E-state index contributed by atoms with van der Waals surface area (Å²) in [5.74, 6) is -4.15. The normalized spacial score (nSPS) is 23.5. The predicted molar refractivity (Wildman–Crippen MR) is 127 cm³/mol. The molecule has 11 nitrogen and oxygen atoms in total. The van der Waals surface area contributed by atoms with Crippen molar-refractivity contribution in [1.29, 1.82) is 0 Å². The molecule has 0 spiro atoms. The molecule has 1 aliphatic rings. The van der Waals surface area contributed by atoms with Crippen LogP contribution in [-0.4, -0.2) is 71.9 Å². The van der Waals surface area contributed by atoms with Gasteiger partial charge < -0.3 is 28.4 Å². The van der Waals surface area contributed by atoms with Crippen LogP contribution in [0.4, 0.5) is 18.9 Å². The first-order valence-electron chi connectivity index (χ1n) is 11.1. The number of alkyl halides is 5. The molecule has 1 unspecified atom stereocenters. The van der Waals surface area contributed by atoms with Gasteiger partial charge in [-0.15, -0.1) is 0 Å². The van der Waals surface area contributed by atoms with Gasteiger partial charge in [0.15, 0.2) is 17.0 Å². The van der Waals surface area contributed by atoms with E-state index in [2.05, 4.69) is 4.99 Å². The Kier molecular flexibility index (Phi) is 11.4. The van der Waals surface area contributed by atoms with Crippen LogP contribution in [0.25, 0.3) is 0 Å². The molecule has 0 bridgehead atoms. The lowest BCUT2D eigenvalue weighted by molar-refractivity contribution is -0.291. The van der Waals surface area contributed by atoms with Crippen molar-refractivity contribution in [3.63, 3.8) is 0 Å². The van der Waals surface area contributed by atoms with Gasteiger partial charge >= 0.3 is 30.1 Å². The Bertz CT molecular complexity index is 1100. The Hall–Kier alpha value is -3.10. The highest BCUT2D eigenvalue weighted by Crippen LogP contribution is 2.37. The molecule has 1 aromatic carbocycles. The number of rotatable bonds is 8. The summed E-state index contributed by atoms with van der Waals surface area (Å²) in [6, 6.07) is 4.20. The van der Waals surface area contributed by atoms with Crippen LogP contribution in [0.15, 0.2) is 29.3 Å². The number of para-hydroxylation sites is 1. The topological polar surface area (TPSA) is 136 Å². The number of aliphatic imine (C=N–C) groups is 1. The van der Waals surface area contributed by atoms with E-state index in [-0.39, 0.29) is 0 Å². The first-order chi connectivity index (χ1) is 18.1. The summed E-state index contributed by atoms with van der Waals surface area (Å²) in [6.07, 6.45) is -12.7. The van der Waals surface area contributed by atoms with E-state index in [4.69, 9.17) is 51.6 Å². The standard InChI is InChI=1S/C23H24Cl2F3NO10/c1-10(30)34-9-16-17(35-11(2)31)18(36-12(3)32)19(37-13(4)33)22(38-16)39-21(20(24)25)29-15-8-6-5-7-14(15)23(26,27)28/h5-8,16-20,22H,9H2,1-4H3/t16-,17-,18+,19-,22?/m1/s1. The van der Waals surface area contributed by atoms with Crippen molar-refractivity contribution < 1.29 is 60.8 Å². The quantitative estimate of drug-likeness (QED) is 0.143. The zero-order valence-corrected chi connectivity index (χ0v) is 22.4. The smallest absolute Gasteiger partial charge is 0.418 e. The first-order valence-corrected chi connectivity index (χ1v) is 12.0. The molecule has 0 saturated carbocycles. The summed E-state index contributed by atoms with van der Waals surface area (Å²) < 4.78 is 72.5. The summed E-state index contributed by atoms with van der Waals surface area (Å²) >= 11 is 11.9. The average Bonchev–Trinajstić information content (AvgIpc) is 2.79. The van der Waals surface area contributed by atoms with E-state index in [1.54, 1.807) is 0 Å². The zero-order valence-electron chi connectivity index (χ0n) is 20.9. The van der Waals surface area contributed by atoms with Crippen molar-refractivity contribution in [2.24, 2.45) is 4.99 Å². The van der Waals surface area contributed by atoms with E-state index in [1.165, 1.54) is 6.07 Å². The molecule has 0 aliphatic carbocycles. The Morgan fingerprint density at radius 2 is 1.41 bits per heavy atom. The van der Waals surface area contributed by atoms with Gasteiger partial charge in [0.2, 0.25) is 18.3 Å². The summed E-state index contributed by atoms with van der Waals surface area (Å²) in [4.78, 5) is 49.2. The van der Waals surface area contributed by atoms with Gasteiger partial charge in [0.05, 0.1) is 11.3 Å². The zero-order chi connectivity index (χ0) is 29.5. The van der Waals surface area contributed by atoms with Gasteiger partial charge in [-0.3, -0.25) is 19.2 Å². The Morgan fingerprint density at radius 3 is 1.92 bits per heavy atom. The van der Waals surface area contributed by atoms with Gasteiger partial charge in [0, 0.05) is 27.7 Å². The minimum Gasteiger partial charge on any atom is -0.463 e. The van der Waals surface area contributed by atoms with E-state index < -0.39 is 89.4 Å². The summed E-state index contributed by atoms with van der Waals surface area (Å²) in [5.41, 5.74) is -1.75. The molecular formula is C23H24Cl2F3NO10. The minimum atomic E-state index is -4.80. The number of hydrogen-bond donors (Lipinski definition) is 0. The van der Waals surface area contributed by atoms with Gasteiger partial charge in [-0.1, -0.05) is 35.3 Å². The monoisotopic (exact) mass is 601 g/mol. The SMILES string of the molecule is CC(=O)OC[C@H]1OC(OC(=Nc2ccccc2C(F)(F)F)C(Cl)Cl)[C@H](OC(C)=O)[C@@H](OC(C)=O)[C@@H]1OC(C)=O. The largest absolute Gasteiger partial charge is 0.463 e. The van der Waals surface area contributed by atoms with E-state index in [0.29, 0.717) is 0 Å². The highest BCUT2D eigenvalue weighted by molar-refractivity contribution is 6.53. The molecule has 0 aromatic heterocycles. The molecule has 1 heterocycles. The van der Waals surface area contributed by atoms with E-state index in [9.17, 15) is 32.3 Å². The Morgan fingerprint density at radius 1 is 0.872 bits per heavy atom. The van der Waals surface area contributed by atoms with Gasteiger partial charge in [-0.05, 0) is 12.1 Å². The van der Waals surface area contributed by atoms with Crippen LogP contribution in [0.3, 0.4) is 0 Å². The van der Waals surface area contributed by atoms with Crippen LogP contribution in [-0.2, 0) is 53.8 Å². The fraction of sp³-hybridized carbons (Fsp3) is 0.522. The lowest BCUT2D eigenvalue weighted by atomic mass is 9.98. The number of ether oxygens (including phenoxy) is 6. The summed E-state index contributed by atoms with van der Waals surface area (Å²) in [7, 11) is 0. The van der Waals surface area contributed by atoms with Gasteiger partial charge in [-0.25, -0.2) is 4.99 Å². The van der Waals surface area contributed by atoms with Crippen molar-refractivity contribution in [3.8, 4) is 0 Å². The molecule has 0 radical (unpaired) electrons. The summed E-state index contributed by atoms with van der Waals surface area (Å²) in [6.45, 7) is 3.56. The molecule has 16 heteroatoms. The second kappa shape index (κ2) is 13.8. The van der Waals surface area contributed by atoms with Crippen molar-refractivity contribution in [1.82, 2.24) is 0 Å². The number of nitrogens with zero attached hydrogens (tertiary/aromatic N) is 1. The van der Waals surface area contributed by atoms with Crippen LogP contribution in [0.5, 0.6) is 0 Å². The van der Waals surface area contributed by atoms with Gasteiger partial charge in [0.25, 0.3) is 0 Å². The predicted octanol–water partition coefficient (Wildman–Crippen LogP) is 3.64. The third kappa shape index (κ3) is 9.55. The first kappa shape index (κ1) is 32.1. The van der Waals surface area contributed by atoms with Crippen LogP contribution >= 0.6 is 23.2 Å². The average molecular weight is 602 g/mol. The molecule has 1 aliphatic heterocycles. The molecule has 0 amide bonds. The maximum Gasteiger partial charge on any atom is 0.418 e. The molecule has 2 rings (SSSR count). The number of carbonyl (C=O) groups excluding carboxylic acids is 4. The molecule has 1 saturated heterocycles. The third-order valence-corrected chi connectivity index (χ3v) is 5.19. The van der Waals surface area contributed by atoms with Crippen molar-refractivity contribution in [2.45, 2.75) is 69.4 Å². The van der Waals surface area contributed by atoms with E-state index in [0.717, 1.165) is 45.9 Å². The highest BCUT2D eigenvalue weighted by Gasteiger charge is 2.54. The summed E-state index contributed by atoms with van der Waals surface area (Å²) in [5, 5.41) is 0. The Labute approximate surface area is 230 Å². The van der Waals surface area contributed by atoms with E-state index >= 15 is 0 Å². The number of carbonyl (C=O) groups is 4. The fourth-order valence-electron chi connectivity index (χ4n) is 3.46. The third-order valence-electron chi connectivity index (χ3n) is 4.81. The molecule has 216 valence electrons. The van der Waals surface area contributed by atoms with Crippen molar-refractivity contribution in [2.75, 3.05) is 6.61 Å². The second-order valence-electron chi connectivity index (χ2n) is 7.95. The lowest BCUT2D eigenvalue weighted by Gasteiger charge is -2.44. The minimum absolute atomic E-state index is 0.563. The molecule has 0 N–H and O–H groups in total. The van der Waals surface area contributed by atoms with Crippen LogP contribution in [0.2, 0.25) is 0 Å². The number of benzene rings is 1. The van der Waals surface area contributed by atoms with Crippen LogP contribution in [0.1, 0.15) is 33.3 Å². The van der Waals surface area contributed by atoms with Crippen LogP contribution in [0, 0.1) is 0 Å². The van der Waals surface area contributed by atoms with Crippen LogP contribution < -0.4 is 0 Å². The number of halogens is 5. The maximum atomic E-state index is 13.5. The van der Waals surface area contributed by atoms with E-state index in [1.807, 2.05) is 0 Å². The highest BCUT2D eigenvalue weighted by atomic mass is 35.5. The maximum absolute atomic E-state index is 13.5. The fourth-order valence-corrected chi connectivity index (χ4v) is 3.66. The number of esters is 4. The molecule has 5 atom stereocenters. The number of hydrogen-bond acceptors (Lipinski definition) is 11. The Balaban J connectivity index is 2.60. The molecule has 39 heavy (non-hydrogen) atoms. The molecule has 1 aromatic rings. The molecular weight excluding hydrogens is 578 g/mol. The van der Waals surface area contributed by atoms with Crippen molar-refractivity contribution >= 4 is 58.7 Å². The lowest BCUT2D eigenvalue weighted by Crippen LogP contribution is -2.63. The molecule has 1 fully saturated rings. The second-order valence-corrected chi connectivity index (χ2v) is 9.05. The van der Waals surface area contributed by atoms with Gasteiger partial charge in [0.1, 0.15) is 12.7 Å². The van der Waals surface area contributed by atoms with Gasteiger partial charge in [-0.2, -0.15) is 13.2 Å². The van der Waals surface area contributed by atoms with Crippen molar-refractivity contribution in [3.05, 3.63) is 29.8 Å².